The van der Waals surface area contributed by atoms with Gasteiger partial charge in [-0.25, -0.2) is 4.57 Å². The second kappa shape index (κ2) is 14.3. The van der Waals surface area contributed by atoms with Crippen molar-refractivity contribution in [1.29, 1.82) is 0 Å². The van der Waals surface area contributed by atoms with E-state index in [9.17, 15) is 23.7 Å². The summed E-state index contributed by atoms with van der Waals surface area (Å²) in [6, 6.07) is 12.8. The number of rotatable bonds is 14. The van der Waals surface area contributed by atoms with Crippen LogP contribution in [0.3, 0.4) is 0 Å². The Morgan fingerprint density at radius 1 is 0.947 bits per heavy atom. The lowest BCUT2D eigenvalue weighted by Crippen LogP contribution is -2.54. The number of aliphatic carboxylic acids is 1. The van der Waals surface area contributed by atoms with Crippen molar-refractivity contribution in [2.75, 3.05) is 13.6 Å². The molecular formula is C25H32N3O9P. The maximum absolute atomic E-state index is 13.1. The molecule has 0 heterocycles. The Hall–Kier alpha value is -3.73. The molecule has 0 radical (unpaired) electrons. The first-order chi connectivity index (χ1) is 17.8. The van der Waals surface area contributed by atoms with E-state index in [0.29, 0.717) is 18.5 Å². The third-order valence-electron chi connectivity index (χ3n) is 5.50. The van der Waals surface area contributed by atoms with Crippen molar-refractivity contribution in [2.45, 2.75) is 44.7 Å². The molecule has 2 aromatic rings. The standard InChI is InChI=1S/C25H32N3O9P/c1-17(29)26-22(16-19-8-10-20(11-9-19)37-38(34,35)36)24(32)27-21(12-13-23(30)31)25(33)28(2)15-14-18-6-4-3-5-7-18/h3-11,21-22H,12-16H2,1-2H3,(H,26,29)(H,27,32)(H,30,31)(H2,34,35,36)/t21-,22-/m0/s1. The molecule has 12 nitrogen and oxygen atoms in total. The minimum absolute atomic E-state index is 0.00864. The first-order valence-corrected chi connectivity index (χ1v) is 13.3. The molecule has 13 heteroatoms. The van der Waals surface area contributed by atoms with Crippen LogP contribution in [0.2, 0.25) is 0 Å². The predicted molar refractivity (Wildman–Crippen MR) is 137 cm³/mol. The molecule has 0 aromatic heterocycles. The minimum Gasteiger partial charge on any atom is -0.481 e. The Morgan fingerprint density at radius 3 is 2.13 bits per heavy atom. The number of benzene rings is 2. The molecule has 0 unspecified atom stereocenters. The van der Waals surface area contributed by atoms with Crippen LogP contribution in [0.1, 0.15) is 30.9 Å². The highest BCUT2D eigenvalue weighted by Crippen LogP contribution is 2.37. The number of carboxylic acid groups (broad SMARTS) is 1. The molecule has 0 aliphatic rings. The lowest BCUT2D eigenvalue weighted by Gasteiger charge is -2.26. The van der Waals surface area contributed by atoms with Crippen LogP contribution in [0.25, 0.3) is 0 Å². The molecule has 0 aliphatic carbocycles. The van der Waals surface area contributed by atoms with Crippen LogP contribution in [0, 0.1) is 0 Å². The van der Waals surface area contributed by atoms with Gasteiger partial charge in [0, 0.05) is 33.4 Å². The van der Waals surface area contributed by atoms with Crippen LogP contribution in [0.5, 0.6) is 5.75 Å². The van der Waals surface area contributed by atoms with Gasteiger partial charge in [-0.05, 0) is 36.1 Å². The topological polar surface area (TPSA) is 183 Å². The SMILES string of the molecule is CC(=O)N[C@@H](Cc1ccc(OP(=O)(O)O)cc1)C(=O)N[C@@H](CCC(=O)O)C(=O)N(C)CCc1ccccc1. The zero-order chi connectivity index (χ0) is 28.3. The molecule has 0 saturated heterocycles. The van der Waals surface area contributed by atoms with Crippen LogP contribution < -0.4 is 15.2 Å². The lowest BCUT2D eigenvalue weighted by molar-refractivity contribution is -0.139. The average Bonchev–Trinajstić information content (AvgIpc) is 2.84. The highest BCUT2D eigenvalue weighted by molar-refractivity contribution is 7.46. The van der Waals surface area contributed by atoms with Crippen molar-refractivity contribution < 1.29 is 43.2 Å². The number of hydrogen-bond acceptors (Lipinski definition) is 6. The van der Waals surface area contributed by atoms with Gasteiger partial charge in [0.1, 0.15) is 17.8 Å². The molecule has 2 aromatic carbocycles. The monoisotopic (exact) mass is 549 g/mol. The summed E-state index contributed by atoms with van der Waals surface area (Å²) in [6.45, 7) is 1.57. The summed E-state index contributed by atoms with van der Waals surface area (Å²) >= 11 is 0. The van der Waals surface area contributed by atoms with E-state index in [-0.39, 0.29) is 25.0 Å². The highest BCUT2D eigenvalue weighted by Gasteiger charge is 2.29. The lowest BCUT2D eigenvalue weighted by atomic mass is 10.0. The van der Waals surface area contributed by atoms with Gasteiger partial charge < -0.3 is 25.2 Å². The Labute approximate surface area is 220 Å². The van der Waals surface area contributed by atoms with Crippen LogP contribution in [-0.4, -0.2) is 69.2 Å². The van der Waals surface area contributed by atoms with Gasteiger partial charge in [0.25, 0.3) is 0 Å². The Kier molecular flexibility index (Phi) is 11.5. The van der Waals surface area contributed by atoms with Gasteiger partial charge in [0.15, 0.2) is 0 Å². The number of phosphoric acid groups is 1. The molecule has 0 aliphatic heterocycles. The largest absolute Gasteiger partial charge is 0.524 e. The fourth-order valence-electron chi connectivity index (χ4n) is 3.63. The van der Waals surface area contributed by atoms with Crippen LogP contribution in [0.4, 0.5) is 0 Å². The number of likely N-dealkylation sites (N-methyl/N-ethyl adjacent to an activating group) is 1. The van der Waals surface area contributed by atoms with E-state index in [2.05, 4.69) is 15.2 Å². The summed E-state index contributed by atoms with van der Waals surface area (Å²) in [5.74, 6) is -2.85. The second-order valence-electron chi connectivity index (χ2n) is 8.67. The van der Waals surface area contributed by atoms with E-state index >= 15 is 0 Å². The molecule has 38 heavy (non-hydrogen) atoms. The maximum atomic E-state index is 13.1. The number of phosphoric ester groups is 1. The third-order valence-corrected chi connectivity index (χ3v) is 5.95. The number of amides is 3. The Balaban J connectivity index is 2.12. The minimum atomic E-state index is -4.73. The molecular weight excluding hydrogens is 517 g/mol. The van der Waals surface area contributed by atoms with E-state index in [1.807, 2.05) is 30.3 Å². The van der Waals surface area contributed by atoms with Gasteiger partial charge in [-0.3, -0.25) is 29.0 Å². The summed E-state index contributed by atoms with van der Waals surface area (Å²) in [4.78, 5) is 68.4. The van der Waals surface area contributed by atoms with E-state index in [4.69, 9.17) is 14.9 Å². The smallest absolute Gasteiger partial charge is 0.481 e. The molecule has 0 saturated carbocycles. The number of carboxylic acids is 1. The molecule has 206 valence electrons. The summed E-state index contributed by atoms with van der Waals surface area (Å²) in [5.41, 5.74) is 1.55. The molecule has 0 spiro atoms. The molecule has 0 bridgehead atoms. The van der Waals surface area contributed by atoms with E-state index < -0.39 is 43.6 Å². The first-order valence-electron chi connectivity index (χ1n) is 11.8. The highest BCUT2D eigenvalue weighted by atomic mass is 31.2. The summed E-state index contributed by atoms with van der Waals surface area (Å²) in [6.07, 6.45) is 0.0655. The van der Waals surface area contributed by atoms with Gasteiger partial charge >= 0.3 is 13.8 Å². The van der Waals surface area contributed by atoms with Gasteiger partial charge in [-0.2, -0.15) is 0 Å². The van der Waals surface area contributed by atoms with Gasteiger partial charge in [-0.15, -0.1) is 0 Å². The second-order valence-corrected chi connectivity index (χ2v) is 9.84. The average molecular weight is 550 g/mol. The molecule has 5 N–H and O–H groups in total. The molecule has 0 fully saturated rings. The number of hydrogen-bond donors (Lipinski definition) is 5. The number of carbonyl (C=O) groups is 4. The number of carbonyl (C=O) groups excluding carboxylic acids is 3. The van der Waals surface area contributed by atoms with Crippen LogP contribution in [-0.2, 0) is 36.6 Å². The van der Waals surface area contributed by atoms with Crippen molar-refractivity contribution in [3.05, 3.63) is 65.7 Å². The first kappa shape index (κ1) is 30.5. The molecule has 3 amide bonds. The predicted octanol–water partition coefficient (Wildman–Crippen LogP) is 1.26. The van der Waals surface area contributed by atoms with Crippen molar-refractivity contribution >= 4 is 31.5 Å². The van der Waals surface area contributed by atoms with Crippen LogP contribution in [0.15, 0.2) is 54.6 Å². The summed E-state index contributed by atoms with van der Waals surface area (Å²) in [5, 5.41) is 14.2. The van der Waals surface area contributed by atoms with Crippen molar-refractivity contribution in [2.24, 2.45) is 0 Å². The van der Waals surface area contributed by atoms with Crippen molar-refractivity contribution in [1.82, 2.24) is 15.5 Å². The van der Waals surface area contributed by atoms with Gasteiger partial charge in [-0.1, -0.05) is 42.5 Å². The number of nitrogens with zero attached hydrogens (tertiary/aromatic N) is 1. The number of nitrogens with one attached hydrogen (secondary N) is 2. The van der Waals surface area contributed by atoms with E-state index in [0.717, 1.165) is 5.56 Å². The quantitative estimate of drug-likeness (QED) is 0.217. The van der Waals surface area contributed by atoms with Gasteiger partial charge in [0.05, 0.1) is 0 Å². The maximum Gasteiger partial charge on any atom is 0.524 e. The van der Waals surface area contributed by atoms with Crippen molar-refractivity contribution in [3.8, 4) is 5.75 Å². The fraction of sp³-hybridized carbons (Fsp3) is 0.360. The molecule has 2 atom stereocenters. The normalized spacial score (nSPS) is 12.6. The third kappa shape index (κ3) is 11.1. The van der Waals surface area contributed by atoms with E-state index in [1.165, 1.54) is 36.1 Å². The Morgan fingerprint density at radius 2 is 1.58 bits per heavy atom. The zero-order valence-electron chi connectivity index (χ0n) is 21.1. The zero-order valence-corrected chi connectivity index (χ0v) is 22.0. The van der Waals surface area contributed by atoms with E-state index in [1.54, 1.807) is 7.05 Å². The summed E-state index contributed by atoms with van der Waals surface area (Å²) in [7, 11) is -3.17. The van der Waals surface area contributed by atoms with Crippen LogP contribution >= 0.6 is 7.82 Å². The van der Waals surface area contributed by atoms with Gasteiger partial charge in [0.2, 0.25) is 17.7 Å². The Bertz CT molecular complexity index is 1150. The molecule has 2 rings (SSSR count). The summed E-state index contributed by atoms with van der Waals surface area (Å²) < 4.78 is 15.5. The fourth-order valence-corrected chi connectivity index (χ4v) is 4.03. The van der Waals surface area contributed by atoms with Crippen molar-refractivity contribution in [3.63, 3.8) is 0 Å².